The fourth-order valence-electron chi connectivity index (χ4n) is 1.35. The average Bonchev–Trinajstić information content (AvgIpc) is 2.17. The fourth-order valence-corrected chi connectivity index (χ4v) is 1.35. The number of phenolic OH excluding ortho intramolecular Hbond substituents is 1. The van der Waals surface area contributed by atoms with Crippen molar-refractivity contribution in [2.24, 2.45) is 11.8 Å². The summed E-state index contributed by atoms with van der Waals surface area (Å²) in [4.78, 5) is 0. The summed E-state index contributed by atoms with van der Waals surface area (Å²) in [6, 6.07) is 7.39. The van der Waals surface area contributed by atoms with Crippen molar-refractivity contribution in [2.45, 2.75) is 27.3 Å². The summed E-state index contributed by atoms with van der Waals surface area (Å²) in [6.07, 6.45) is 0. The predicted octanol–water partition coefficient (Wildman–Crippen LogP) is 2.77. The molecule has 2 heteroatoms. The first-order valence-corrected chi connectivity index (χ1v) is 5.58. The van der Waals surface area contributed by atoms with Crippen molar-refractivity contribution in [3.05, 3.63) is 29.8 Å². The Balaban J connectivity index is 2.32. The third-order valence-corrected chi connectivity index (χ3v) is 2.84. The summed E-state index contributed by atoms with van der Waals surface area (Å²) in [5.74, 6) is 1.73. The zero-order valence-electron chi connectivity index (χ0n) is 9.83. The van der Waals surface area contributed by atoms with Crippen LogP contribution in [0.1, 0.15) is 26.3 Å². The number of phenols is 1. The van der Waals surface area contributed by atoms with Crippen LogP contribution >= 0.6 is 0 Å². The van der Waals surface area contributed by atoms with Crippen molar-refractivity contribution >= 4 is 0 Å². The molecule has 0 fully saturated rings. The Labute approximate surface area is 92.3 Å². The lowest BCUT2D eigenvalue weighted by molar-refractivity contribution is 0.392. The second-order valence-electron chi connectivity index (χ2n) is 4.52. The summed E-state index contributed by atoms with van der Waals surface area (Å²) >= 11 is 0. The van der Waals surface area contributed by atoms with Gasteiger partial charge in [0.2, 0.25) is 0 Å². The molecule has 1 unspecified atom stereocenters. The molecule has 1 aromatic rings. The van der Waals surface area contributed by atoms with E-state index >= 15 is 0 Å². The maximum Gasteiger partial charge on any atom is 0.115 e. The Morgan fingerprint density at radius 2 is 2.00 bits per heavy atom. The van der Waals surface area contributed by atoms with Crippen LogP contribution in [-0.2, 0) is 6.54 Å². The zero-order valence-corrected chi connectivity index (χ0v) is 9.83. The smallest absolute Gasteiger partial charge is 0.115 e. The Morgan fingerprint density at radius 1 is 1.27 bits per heavy atom. The van der Waals surface area contributed by atoms with Crippen molar-refractivity contribution in [1.29, 1.82) is 0 Å². The van der Waals surface area contributed by atoms with Crippen LogP contribution in [0.2, 0.25) is 0 Å². The van der Waals surface area contributed by atoms with Crippen molar-refractivity contribution in [2.75, 3.05) is 6.54 Å². The molecule has 0 spiro atoms. The van der Waals surface area contributed by atoms with Gasteiger partial charge in [-0.05, 0) is 36.1 Å². The highest BCUT2D eigenvalue weighted by Crippen LogP contribution is 2.11. The first kappa shape index (κ1) is 12.1. The van der Waals surface area contributed by atoms with Gasteiger partial charge >= 0.3 is 0 Å². The monoisotopic (exact) mass is 207 g/mol. The maximum absolute atomic E-state index is 9.28. The summed E-state index contributed by atoms with van der Waals surface area (Å²) in [7, 11) is 0. The molecule has 0 amide bonds. The van der Waals surface area contributed by atoms with E-state index in [1.807, 2.05) is 12.1 Å². The van der Waals surface area contributed by atoms with Crippen LogP contribution in [0.5, 0.6) is 5.75 Å². The molecule has 0 aliphatic rings. The van der Waals surface area contributed by atoms with E-state index in [-0.39, 0.29) is 0 Å². The van der Waals surface area contributed by atoms with Crippen LogP contribution in [0.3, 0.4) is 0 Å². The van der Waals surface area contributed by atoms with Crippen molar-refractivity contribution in [3.8, 4) is 5.75 Å². The normalized spacial score (nSPS) is 13.1. The lowest BCUT2D eigenvalue weighted by Crippen LogP contribution is -2.23. The van der Waals surface area contributed by atoms with Crippen molar-refractivity contribution < 1.29 is 5.11 Å². The molecule has 15 heavy (non-hydrogen) atoms. The van der Waals surface area contributed by atoms with Crippen LogP contribution in [0.4, 0.5) is 0 Å². The van der Waals surface area contributed by atoms with Crippen LogP contribution in [-0.4, -0.2) is 11.7 Å². The van der Waals surface area contributed by atoms with Gasteiger partial charge in [-0.3, -0.25) is 0 Å². The molecule has 0 heterocycles. The molecular weight excluding hydrogens is 186 g/mol. The van der Waals surface area contributed by atoms with Gasteiger partial charge < -0.3 is 10.4 Å². The lowest BCUT2D eigenvalue weighted by Gasteiger charge is -2.16. The summed E-state index contributed by atoms with van der Waals surface area (Å²) in [5, 5.41) is 12.7. The zero-order chi connectivity index (χ0) is 11.3. The average molecular weight is 207 g/mol. The molecule has 1 atom stereocenters. The van der Waals surface area contributed by atoms with Gasteiger partial charge in [-0.2, -0.15) is 0 Å². The predicted molar refractivity (Wildman–Crippen MR) is 63.8 cm³/mol. The maximum atomic E-state index is 9.28. The van der Waals surface area contributed by atoms with E-state index in [0.29, 0.717) is 17.6 Å². The van der Waals surface area contributed by atoms with E-state index in [9.17, 15) is 5.11 Å². The van der Waals surface area contributed by atoms with E-state index in [1.165, 1.54) is 0 Å². The number of rotatable bonds is 5. The first-order chi connectivity index (χ1) is 7.09. The van der Waals surface area contributed by atoms with E-state index < -0.39 is 0 Å². The van der Waals surface area contributed by atoms with E-state index in [4.69, 9.17) is 0 Å². The van der Waals surface area contributed by atoms with E-state index in [2.05, 4.69) is 26.1 Å². The van der Waals surface area contributed by atoms with Gasteiger partial charge in [0.25, 0.3) is 0 Å². The number of hydrogen-bond donors (Lipinski definition) is 2. The summed E-state index contributed by atoms with van der Waals surface area (Å²) < 4.78 is 0. The van der Waals surface area contributed by atoms with Crippen LogP contribution in [0.25, 0.3) is 0 Å². The SMILES string of the molecule is CC(C)C(C)CNCc1cccc(O)c1. The molecule has 0 bridgehead atoms. The van der Waals surface area contributed by atoms with Gasteiger partial charge in [-0.25, -0.2) is 0 Å². The van der Waals surface area contributed by atoms with Gasteiger partial charge in [0.1, 0.15) is 5.75 Å². The number of aromatic hydroxyl groups is 1. The third-order valence-electron chi connectivity index (χ3n) is 2.84. The third kappa shape index (κ3) is 4.34. The van der Waals surface area contributed by atoms with Crippen molar-refractivity contribution in [3.63, 3.8) is 0 Å². The minimum absolute atomic E-state index is 0.339. The highest BCUT2D eigenvalue weighted by atomic mass is 16.3. The molecule has 0 aliphatic carbocycles. The molecule has 0 aliphatic heterocycles. The second-order valence-corrected chi connectivity index (χ2v) is 4.52. The molecule has 1 aromatic carbocycles. The summed E-state index contributed by atoms with van der Waals surface area (Å²) in [5.41, 5.74) is 1.13. The lowest BCUT2D eigenvalue weighted by atomic mass is 9.98. The van der Waals surface area contributed by atoms with Gasteiger partial charge in [0.15, 0.2) is 0 Å². The molecule has 84 valence electrons. The Kier molecular flexibility index (Phi) is 4.63. The molecule has 1 rings (SSSR count). The van der Waals surface area contributed by atoms with Gasteiger partial charge in [-0.15, -0.1) is 0 Å². The number of hydrogen-bond acceptors (Lipinski definition) is 2. The van der Waals surface area contributed by atoms with Gasteiger partial charge in [0, 0.05) is 6.54 Å². The molecule has 0 radical (unpaired) electrons. The van der Waals surface area contributed by atoms with Gasteiger partial charge in [-0.1, -0.05) is 32.9 Å². The highest BCUT2D eigenvalue weighted by molar-refractivity contribution is 5.26. The standard InChI is InChI=1S/C13H21NO/c1-10(2)11(3)8-14-9-12-5-4-6-13(15)7-12/h4-7,10-11,14-15H,8-9H2,1-3H3. The Morgan fingerprint density at radius 3 is 2.60 bits per heavy atom. The molecule has 0 saturated carbocycles. The molecular formula is C13H21NO. The number of nitrogens with one attached hydrogen (secondary N) is 1. The topological polar surface area (TPSA) is 32.3 Å². The fraction of sp³-hybridized carbons (Fsp3) is 0.538. The Bertz CT molecular complexity index is 296. The van der Waals surface area contributed by atoms with E-state index in [1.54, 1.807) is 12.1 Å². The molecule has 2 N–H and O–H groups in total. The number of benzene rings is 1. The quantitative estimate of drug-likeness (QED) is 0.778. The minimum Gasteiger partial charge on any atom is -0.508 e. The van der Waals surface area contributed by atoms with Crippen LogP contribution in [0, 0.1) is 11.8 Å². The minimum atomic E-state index is 0.339. The Hall–Kier alpha value is -1.02. The highest BCUT2D eigenvalue weighted by Gasteiger charge is 2.05. The van der Waals surface area contributed by atoms with Crippen molar-refractivity contribution in [1.82, 2.24) is 5.32 Å². The molecule has 2 nitrogen and oxygen atoms in total. The largest absolute Gasteiger partial charge is 0.508 e. The summed E-state index contributed by atoms with van der Waals surface area (Å²) in [6.45, 7) is 8.57. The first-order valence-electron chi connectivity index (χ1n) is 5.58. The van der Waals surface area contributed by atoms with E-state index in [0.717, 1.165) is 18.7 Å². The van der Waals surface area contributed by atoms with Crippen LogP contribution in [0.15, 0.2) is 24.3 Å². The van der Waals surface area contributed by atoms with Crippen LogP contribution < -0.4 is 5.32 Å². The van der Waals surface area contributed by atoms with Gasteiger partial charge in [0.05, 0.1) is 0 Å². The molecule has 0 aromatic heterocycles. The molecule has 0 saturated heterocycles. The second kappa shape index (κ2) is 5.76.